The third kappa shape index (κ3) is 7.49. The average molecular weight is 915 g/mol. The van der Waals surface area contributed by atoms with Crippen LogP contribution < -0.4 is 9.80 Å². The molecule has 10 aromatic rings. The molecule has 0 spiro atoms. The van der Waals surface area contributed by atoms with Crippen molar-refractivity contribution >= 4 is 34.1 Å². The molecule has 0 amide bonds. The molecule has 71 heavy (non-hydrogen) atoms. The summed E-state index contributed by atoms with van der Waals surface area (Å²) in [5.74, 6) is 0. The standard InChI is InChI=1S/C69H58N2/c1-67(2,51-20-10-7-11-21-51)52-36-34-48(35-37-52)47-30-32-49(33-31-47)50-42-57(70(53-22-12-8-13-23-53)55-38-40-61-59-26-16-18-28-63(59)68(3,4)65(61)45-55)44-58(43-50)71(54-24-14-9-15-25-54)56-39-41-62-60-27-17-19-29-64(60)69(5,6)66(62)46-56/h7-46H,1-6H3. The highest BCUT2D eigenvalue weighted by atomic mass is 15.2. The molecule has 0 N–H and O–H groups in total. The lowest BCUT2D eigenvalue weighted by Gasteiger charge is -2.32. The minimum atomic E-state index is -0.150. The zero-order valence-corrected chi connectivity index (χ0v) is 41.5. The van der Waals surface area contributed by atoms with E-state index in [4.69, 9.17) is 0 Å². The lowest BCUT2D eigenvalue weighted by molar-refractivity contribution is 0.641. The number of fused-ring (bicyclic) bond motifs is 6. The summed E-state index contributed by atoms with van der Waals surface area (Å²) in [5, 5.41) is 0. The van der Waals surface area contributed by atoms with Crippen molar-refractivity contribution in [3.63, 3.8) is 0 Å². The van der Waals surface area contributed by atoms with Crippen LogP contribution in [0.4, 0.5) is 34.1 Å². The summed E-state index contributed by atoms with van der Waals surface area (Å²) in [6.45, 7) is 14.1. The molecule has 0 fully saturated rings. The molecule has 0 saturated heterocycles. The molecule has 2 aliphatic rings. The highest BCUT2D eigenvalue weighted by Crippen LogP contribution is 2.53. The zero-order chi connectivity index (χ0) is 48.5. The maximum Gasteiger partial charge on any atom is 0.0488 e. The minimum Gasteiger partial charge on any atom is -0.310 e. The maximum atomic E-state index is 2.45. The lowest BCUT2D eigenvalue weighted by atomic mass is 9.78. The predicted molar refractivity (Wildman–Crippen MR) is 300 cm³/mol. The first-order valence-corrected chi connectivity index (χ1v) is 25.1. The monoisotopic (exact) mass is 914 g/mol. The van der Waals surface area contributed by atoms with E-state index < -0.39 is 0 Å². The molecule has 12 rings (SSSR count). The molecule has 344 valence electrons. The van der Waals surface area contributed by atoms with Crippen LogP contribution in [0.25, 0.3) is 44.5 Å². The Morgan fingerprint density at radius 2 is 0.620 bits per heavy atom. The Morgan fingerprint density at radius 3 is 1.07 bits per heavy atom. The number of para-hydroxylation sites is 2. The van der Waals surface area contributed by atoms with E-state index in [1.807, 2.05) is 0 Å². The number of anilines is 6. The first-order valence-electron chi connectivity index (χ1n) is 25.1. The van der Waals surface area contributed by atoms with Gasteiger partial charge in [0.1, 0.15) is 0 Å². The fourth-order valence-corrected chi connectivity index (χ4v) is 11.7. The second kappa shape index (κ2) is 17.0. The average Bonchev–Trinajstić information content (AvgIpc) is 3.78. The third-order valence-corrected chi connectivity index (χ3v) is 15.8. The van der Waals surface area contributed by atoms with Crippen LogP contribution in [0.3, 0.4) is 0 Å². The van der Waals surface area contributed by atoms with E-state index in [2.05, 4.69) is 294 Å². The summed E-state index contributed by atoms with van der Waals surface area (Å²) in [6.07, 6.45) is 0. The molecule has 10 aromatic carbocycles. The second-order valence-electron chi connectivity index (χ2n) is 21.0. The molecular weight excluding hydrogens is 857 g/mol. The Morgan fingerprint density at radius 1 is 0.268 bits per heavy atom. The van der Waals surface area contributed by atoms with Crippen LogP contribution in [0.2, 0.25) is 0 Å². The molecule has 0 aliphatic heterocycles. The van der Waals surface area contributed by atoms with Crippen LogP contribution in [0.1, 0.15) is 74.9 Å². The van der Waals surface area contributed by atoms with Crippen LogP contribution in [-0.4, -0.2) is 0 Å². The summed E-state index contributed by atoms with van der Waals surface area (Å²) >= 11 is 0. The Hall–Kier alpha value is -8.20. The number of benzene rings is 10. The fourth-order valence-electron chi connectivity index (χ4n) is 11.7. The Labute approximate surface area is 420 Å². The van der Waals surface area contributed by atoms with Gasteiger partial charge in [0.05, 0.1) is 0 Å². The van der Waals surface area contributed by atoms with Gasteiger partial charge in [-0.3, -0.25) is 0 Å². The van der Waals surface area contributed by atoms with E-state index in [1.54, 1.807) is 0 Å². The molecule has 2 aliphatic carbocycles. The van der Waals surface area contributed by atoms with E-state index in [0.29, 0.717) is 0 Å². The normalized spacial score (nSPS) is 13.7. The van der Waals surface area contributed by atoms with E-state index in [1.165, 1.54) is 66.8 Å². The largest absolute Gasteiger partial charge is 0.310 e. The van der Waals surface area contributed by atoms with Crippen molar-refractivity contribution in [3.05, 3.63) is 276 Å². The Kier molecular flexibility index (Phi) is 10.6. The number of hydrogen-bond acceptors (Lipinski definition) is 2. The molecular formula is C69H58N2. The van der Waals surface area contributed by atoms with Crippen molar-refractivity contribution in [3.8, 4) is 44.5 Å². The Bertz CT molecular complexity index is 3420. The van der Waals surface area contributed by atoms with Gasteiger partial charge in [-0.05, 0) is 145 Å². The third-order valence-electron chi connectivity index (χ3n) is 15.8. The van der Waals surface area contributed by atoms with Crippen LogP contribution >= 0.6 is 0 Å². The van der Waals surface area contributed by atoms with Gasteiger partial charge in [0.15, 0.2) is 0 Å². The van der Waals surface area contributed by atoms with Gasteiger partial charge in [-0.2, -0.15) is 0 Å². The van der Waals surface area contributed by atoms with Gasteiger partial charge in [-0.1, -0.05) is 217 Å². The van der Waals surface area contributed by atoms with Gasteiger partial charge in [-0.25, -0.2) is 0 Å². The van der Waals surface area contributed by atoms with Crippen molar-refractivity contribution in [1.29, 1.82) is 0 Å². The summed E-state index contributed by atoms with van der Waals surface area (Å²) in [5.41, 5.74) is 24.2. The van der Waals surface area contributed by atoms with Crippen molar-refractivity contribution in [2.24, 2.45) is 0 Å². The molecule has 0 aromatic heterocycles. The SMILES string of the molecule is CC(C)(c1ccccc1)c1ccc(-c2ccc(-c3cc(N(c4ccccc4)c4ccc5c(c4)C(C)(C)c4ccccc4-5)cc(N(c4ccccc4)c4ccc5c(c4)C(C)(C)c4ccccc4-5)c3)cc2)cc1. The first kappa shape index (κ1) is 44.0. The summed E-state index contributed by atoms with van der Waals surface area (Å²) in [7, 11) is 0. The van der Waals surface area contributed by atoms with E-state index >= 15 is 0 Å². The molecule has 2 nitrogen and oxygen atoms in total. The summed E-state index contributed by atoms with van der Waals surface area (Å²) in [4.78, 5) is 4.90. The predicted octanol–water partition coefficient (Wildman–Crippen LogP) is 18.9. The van der Waals surface area contributed by atoms with Gasteiger partial charge in [0.25, 0.3) is 0 Å². The minimum absolute atomic E-state index is 0.102. The molecule has 2 heteroatoms. The molecule has 0 atom stereocenters. The van der Waals surface area contributed by atoms with Crippen molar-refractivity contribution in [1.82, 2.24) is 0 Å². The summed E-state index contributed by atoms with van der Waals surface area (Å²) in [6, 6.07) is 89.9. The van der Waals surface area contributed by atoms with Crippen LogP contribution in [0.15, 0.2) is 243 Å². The highest BCUT2D eigenvalue weighted by molar-refractivity contribution is 5.91. The van der Waals surface area contributed by atoms with E-state index in [9.17, 15) is 0 Å². The lowest BCUT2D eigenvalue weighted by Crippen LogP contribution is -2.18. The fraction of sp³-hybridized carbons (Fsp3) is 0.130. The molecule has 0 unspecified atom stereocenters. The van der Waals surface area contributed by atoms with Gasteiger partial charge in [-0.15, -0.1) is 0 Å². The molecule has 0 heterocycles. The quantitative estimate of drug-likeness (QED) is 0.135. The van der Waals surface area contributed by atoms with Crippen molar-refractivity contribution < 1.29 is 0 Å². The second-order valence-corrected chi connectivity index (χ2v) is 21.0. The zero-order valence-electron chi connectivity index (χ0n) is 41.5. The van der Waals surface area contributed by atoms with E-state index in [-0.39, 0.29) is 16.2 Å². The van der Waals surface area contributed by atoms with Gasteiger partial charge >= 0.3 is 0 Å². The maximum absolute atomic E-state index is 2.45. The molecule has 0 radical (unpaired) electrons. The molecule has 0 saturated carbocycles. The molecule has 0 bridgehead atoms. The smallest absolute Gasteiger partial charge is 0.0488 e. The van der Waals surface area contributed by atoms with Gasteiger partial charge in [0, 0.05) is 50.4 Å². The number of hydrogen-bond donors (Lipinski definition) is 0. The van der Waals surface area contributed by atoms with E-state index in [0.717, 1.165) is 45.3 Å². The first-order chi connectivity index (χ1) is 34.5. The van der Waals surface area contributed by atoms with Crippen LogP contribution in [-0.2, 0) is 16.2 Å². The summed E-state index contributed by atoms with van der Waals surface area (Å²) < 4.78 is 0. The Balaban J connectivity index is 1.02. The van der Waals surface area contributed by atoms with Gasteiger partial charge in [0.2, 0.25) is 0 Å². The van der Waals surface area contributed by atoms with Crippen LogP contribution in [0, 0.1) is 0 Å². The van der Waals surface area contributed by atoms with Crippen LogP contribution in [0.5, 0.6) is 0 Å². The highest BCUT2D eigenvalue weighted by Gasteiger charge is 2.37. The topological polar surface area (TPSA) is 6.48 Å². The van der Waals surface area contributed by atoms with Crippen molar-refractivity contribution in [2.45, 2.75) is 57.8 Å². The van der Waals surface area contributed by atoms with Crippen molar-refractivity contribution in [2.75, 3.05) is 9.80 Å². The van der Waals surface area contributed by atoms with Gasteiger partial charge < -0.3 is 9.80 Å². The number of rotatable bonds is 10. The number of nitrogens with zero attached hydrogens (tertiary/aromatic N) is 2.